The molecule has 0 spiro atoms. The van der Waals surface area contributed by atoms with Crippen LogP contribution in [0.5, 0.6) is 0 Å². The number of hydrogen-bond donors (Lipinski definition) is 1. The minimum atomic E-state index is -0.886. The van der Waals surface area contributed by atoms with Crippen molar-refractivity contribution in [3.05, 3.63) is 34.6 Å². The standard InChI is InChI=1S/C12H15FO/c1-8-4-5-10(11(13)9(8)2)12(14)6-3-7-12/h4-5,14H,3,6-7H2,1-2H3. The van der Waals surface area contributed by atoms with Gasteiger partial charge in [0.2, 0.25) is 0 Å². The average Bonchev–Trinajstić information content (AvgIpc) is 2.11. The zero-order valence-electron chi connectivity index (χ0n) is 8.60. The second-order valence-corrected chi connectivity index (χ2v) is 4.25. The van der Waals surface area contributed by atoms with E-state index in [2.05, 4.69) is 0 Å². The van der Waals surface area contributed by atoms with Crippen LogP contribution >= 0.6 is 0 Å². The molecule has 1 aromatic carbocycles. The van der Waals surface area contributed by atoms with Gasteiger partial charge in [-0.3, -0.25) is 0 Å². The van der Waals surface area contributed by atoms with Gasteiger partial charge in [0.15, 0.2) is 0 Å². The summed E-state index contributed by atoms with van der Waals surface area (Å²) in [4.78, 5) is 0. The Bertz CT molecular complexity index is 367. The Morgan fingerprint density at radius 3 is 2.43 bits per heavy atom. The summed E-state index contributed by atoms with van der Waals surface area (Å²) in [6, 6.07) is 3.60. The highest BCUT2D eigenvalue weighted by atomic mass is 19.1. The van der Waals surface area contributed by atoms with Crippen LogP contribution in [0.1, 0.15) is 36.0 Å². The van der Waals surface area contributed by atoms with E-state index < -0.39 is 5.60 Å². The lowest BCUT2D eigenvalue weighted by molar-refractivity contribution is -0.0417. The molecule has 0 aliphatic heterocycles. The Hall–Kier alpha value is -0.890. The molecule has 0 amide bonds. The Kier molecular flexibility index (Phi) is 2.11. The highest BCUT2D eigenvalue weighted by Crippen LogP contribution is 2.42. The highest BCUT2D eigenvalue weighted by molar-refractivity contribution is 5.36. The normalized spacial score (nSPS) is 19.1. The highest BCUT2D eigenvalue weighted by Gasteiger charge is 2.38. The van der Waals surface area contributed by atoms with E-state index >= 15 is 0 Å². The summed E-state index contributed by atoms with van der Waals surface area (Å²) >= 11 is 0. The molecule has 1 fully saturated rings. The van der Waals surface area contributed by atoms with E-state index in [1.165, 1.54) is 0 Å². The van der Waals surface area contributed by atoms with Crippen LogP contribution in [0.15, 0.2) is 12.1 Å². The maximum absolute atomic E-state index is 13.8. The van der Waals surface area contributed by atoms with Gasteiger partial charge >= 0.3 is 0 Å². The van der Waals surface area contributed by atoms with Crippen molar-refractivity contribution in [1.29, 1.82) is 0 Å². The van der Waals surface area contributed by atoms with Gasteiger partial charge in [-0.2, -0.15) is 0 Å². The van der Waals surface area contributed by atoms with Gasteiger partial charge in [-0.25, -0.2) is 4.39 Å². The maximum Gasteiger partial charge on any atom is 0.132 e. The van der Waals surface area contributed by atoms with Crippen molar-refractivity contribution in [3.63, 3.8) is 0 Å². The average molecular weight is 194 g/mol. The summed E-state index contributed by atoms with van der Waals surface area (Å²) in [6.07, 6.45) is 2.36. The van der Waals surface area contributed by atoms with E-state index in [-0.39, 0.29) is 5.82 Å². The third kappa shape index (κ3) is 1.25. The lowest BCUT2D eigenvalue weighted by Gasteiger charge is -2.37. The van der Waals surface area contributed by atoms with Crippen LogP contribution in [0, 0.1) is 19.7 Å². The van der Waals surface area contributed by atoms with Gasteiger partial charge in [0.25, 0.3) is 0 Å². The van der Waals surface area contributed by atoms with Gasteiger partial charge in [0, 0.05) is 5.56 Å². The van der Waals surface area contributed by atoms with Crippen LogP contribution in [-0.2, 0) is 5.60 Å². The molecule has 1 saturated carbocycles. The van der Waals surface area contributed by atoms with Gasteiger partial charge in [-0.15, -0.1) is 0 Å². The van der Waals surface area contributed by atoms with Crippen LogP contribution in [0.25, 0.3) is 0 Å². The van der Waals surface area contributed by atoms with Gasteiger partial charge < -0.3 is 5.11 Å². The van der Waals surface area contributed by atoms with Crippen LogP contribution < -0.4 is 0 Å². The summed E-state index contributed by atoms with van der Waals surface area (Å²) in [5.41, 5.74) is 1.19. The molecule has 1 aliphatic carbocycles. The predicted octanol–water partition coefficient (Wildman–Crippen LogP) is 2.81. The van der Waals surface area contributed by atoms with Crippen molar-refractivity contribution in [2.75, 3.05) is 0 Å². The first-order valence-corrected chi connectivity index (χ1v) is 5.03. The molecule has 0 aromatic heterocycles. The van der Waals surface area contributed by atoms with Crippen molar-refractivity contribution < 1.29 is 9.50 Å². The van der Waals surface area contributed by atoms with E-state index in [0.717, 1.165) is 12.0 Å². The van der Waals surface area contributed by atoms with E-state index in [9.17, 15) is 9.50 Å². The second kappa shape index (κ2) is 3.06. The molecule has 0 heterocycles. The molecule has 1 aliphatic rings. The van der Waals surface area contributed by atoms with Crippen LogP contribution in [0.3, 0.4) is 0 Å². The molecule has 0 atom stereocenters. The van der Waals surface area contributed by atoms with Crippen molar-refractivity contribution in [2.45, 2.75) is 38.7 Å². The molecule has 2 heteroatoms. The Labute approximate surface area is 83.6 Å². The van der Waals surface area contributed by atoms with Crippen molar-refractivity contribution in [2.24, 2.45) is 0 Å². The van der Waals surface area contributed by atoms with Gasteiger partial charge in [0.05, 0.1) is 5.60 Å². The predicted molar refractivity (Wildman–Crippen MR) is 53.6 cm³/mol. The first kappa shape index (κ1) is 9.66. The first-order valence-electron chi connectivity index (χ1n) is 5.03. The smallest absolute Gasteiger partial charge is 0.132 e. The van der Waals surface area contributed by atoms with Gasteiger partial charge in [-0.1, -0.05) is 12.1 Å². The molecule has 14 heavy (non-hydrogen) atoms. The number of hydrogen-bond acceptors (Lipinski definition) is 1. The van der Waals surface area contributed by atoms with Crippen molar-refractivity contribution in [1.82, 2.24) is 0 Å². The fourth-order valence-electron chi connectivity index (χ4n) is 1.92. The van der Waals surface area contributed by atoms with E-state index in [0.29, 0.717) is 24.0 Å². The molecular formula is C12H15FO. The van der Waals surface area contributed by atoms with Crippen molar-refractivity contribution in [3.8, 4) is 0 Å². The van der Waals surface area contributed by atoms with Gasteiger partial charge in [-0.05, 0) is 44.2 Å². The zero-order chi connectivity index (χ0) is 10.3. The number of aryl methyl sites for hydroxylation is 1. The molecule has 0 saturated heterocycles. The fraction of sp³-hybridized carbons (Fsp3) is 0.500. The summed E-state index contributed by atoms with van der Waals surface area (Å²) in [7, 11) is 0. The molecular weight excluding hydrogens is 179 g/mol. The lowest BCUT2D eigenvalue weighted by atomic mass is 9.74. The minimum absolute atomic E-state index is 0.229. The summed E-state index contributed by atoms with van der Waals surface area (Å²) < 4.78 is 13.8. The molecule has 1 N–H and O–H groups in total. The number of halogens is 1. The third-order valence-electron chi connectivity index (χ3n) is 3.34. The molecule has 2 rings (SSSR count). The number of aliphatic hydroxyl groups is 1. The maximum atomic E-state index is 13.8. The Morgan fingerprint density at radius 1 is 1.29 bits per heavy atom. The summed E-state index contributed by atoms with van der Waals surface area (Å²) in [5.74, 6) is -0.229. The van der Waals surface area contributed by atoms with Crippen LogP contribution in [-0.4, -0.2) is 5.11 Å². The van der Waals surface area contributed by atoms with Crippen LogP contribution in [0.2, 0.25) is 0 Å². The molecule has 0 unspecified atom stereocenters. The van der Waals surface area contributed by atoms with Crippen molar-refractivity contribution >= 4 is 0 Å². The fourth-order valence-corrected chi connectivity index (χ4v) is 1.92. The molecule has 1 aromatic rings. The Balaban J connectivity index is 2.49. The summed E-state index contributed by atoms with van der Waals surface area (Å²) in [6.45, 7) is 3.64. The van der Waals surface area contributed by atoms with Gasteiger partial charge in [0.1, 0.15) is 5.82 Å². The topological polar surface area (TPSA) is 20.2 Å². The number of benzene rings is 1. The zero-order valence-corrected chi connectivity index (χ0v) is 8.60. The molecule has 0 radical (unpaired) electrons. The first-order chi connectivity index (χ1) is 6.54. The lowest BCUT2D eigenvalue weighted by Crippen LogP contribution is -2.34. The monoisotopic (exact) mass is 194 g/mol. The number of rotatable bonds is 1. The second-order valence-electron chi connectivity index (χ2n) is 4.25. The SMILES string of the molecule is Cc1ccc(C2(O)CCC2)c(F)c1C. The van der Waals surface area contributed by atoms with E-state index in [1.54, 1.807) is 13.0 Å². The van der Waals surface area contributed by atoms with Crippen LogP contribution in [0.4, 0.5) is 4.39 Å². The summed E-state index contributed by atoms with van der Waals surface area (Å²) in [5, 5.41) is 10.0. The largest absolute Gasteiger partial charge is 0.385 e. The van der Waals surface area contributed by atoms with E-state index in [4.69, 9.17) is 0 Å². The minimum Gasteiger partial charge on any atom is -0.385 e. The van der Waals surface area contributed by atoms with E-state index in [1.807, 2.05) is 13.0 Å². The molecule has 76 valence electrons. The third-order valence-corrected chi connectivity index (χ3v) is 3.34. The quantitative estimate of drug-likeness (QED) is 0.728. The molecule has 1 nitrogen and oxygen atoms in total. The Morgan fingerprint density at radius 2 is 1.93 bits per heavy atom. The molecule has 0 bridgehead atoms.